The summed E-state index contributed by atoms with van der Waals surface area (Å²) in [6, 6.07) is 18.5. The summed E-state index contributed by atoms with van der Waals surface area (Å²) in [5.74, 6) is 0.906. The van der Waals surface area contributed by atoms with Crippen molar-refractivity contribution in [2.24, 2.45) is 5.10 Å². The van der Waals surface area contributed by atoms with Crippen LogP contribution in [0.3, 0.4) is 0 Å². The number of nitrogens with zero attached hydrogens (tertiary/aromatic N) is 2. The van der Waals surface area contributed by atoms with Gasteiger partial charge in [0.15, 0.2) is 0 Å². The molecule has 2 unspecified atom stereocenters. The summed E-state index contributed by atoms with van der Waals surface area (Å²) in [7, 11) is 0. The van der Waals surface area contributed by atoms with Crippen molar-refractivity contribution in [2.45, 2.75) is 25.6 Å². The van der Waals surface area contributed by atoms with Gasteiger partial charge < -0.3 is 4.74 Å². The molecular weight excluding hydrogens is 444 g/mol. The number of hydrazone groups is 1. The summed E-state index contributed by atoms with van der Waals surface area (Å²) in [5, 5.41) is 7.78. The number of thiophene rings is 1. The van der Waals surface area contributed by atoms with Crippen molar-refractivity contribution in [3.05, 3.63) is 85.0 Å². The van der Waals surface area contributed by atoms with Crippen LogP contribution in [0, 0.1) is 6.92 Å². The largest absolute Gasteiger partial charge is 0.464 e. The third kappa shape index (κ3) is 3.08. The second kappa shape index (κ2) is 6.66. The van der Waals surface area contributed by atoms with Crippen molar-refractivity contribution in [1.29, 1.82) is 0 Å². The van der Waals surface area contributed by atoms with E-state index in [0.29, 0.717) is 5.02 Å². The molecular formula is C21H16BrClN2OS. The quantitative estimate of drug-likeness (QED) is 0.425. The molecule has 0 saturated carbocycles. The molecule has 2 aliphatic heterocycles. The highest BCUT2D eigenvalue weighted by molar-refractivity contribution is 9.10. The Morgan fingerprint density at radius 1 is 1.19 bits per heavy atom. The van der Waals surface area contributed by atoms with E-state index >= 15 is 0 Å². The Morgan fingerprint density at radius 3 is 2.85 bits per heavy atom. The lowest BCUT2D eigenvalue weighted by molar-refractivity contribution is -0.0190. The van der Waals surface area contributed by atoms with Crippen molar-refractivity contribution in [1.82, 2.24) is 5.01 Å². The van der Waals surface area contributed by atoms with Gasteiger partial charge in [0, 0.05) is 31.9 Å². The minimum absolute atomic E-state index is 0.146. The van der Waals surface area contributed by atoms with E-state index in [9.17, 15) is 0 Å². The van der Waals surface area contributed by atoms with Crippen LogP contribution in [-0.4, -0.2) is 10.7 Å². The van der Waals surface area contributed by atoms with Crippen molar-refractivity contribution in [3.63, 3.8) is 0 Å². The van der Waals surface area contributed by atoms with E-state index in [2.05, 4.69) is 46.1 Å². The summed E-state index contributed by atoms with van der Waals surface area (Å²) in [4.78, 5) is 2.52. The standard InChI is InChI=1S/C21H16BrClN2OS/c1-12-5-8-20(27-12)17-11-18-16-10-14(22)6-7-19(16)26-21(25(18)24-17)13-3-2-4-15(23)9-13/h2-10,18,21H,11H2,1H3. The third-order valence-corrected chi connectivity index (χ3v) is 6.69. The zero-order valence-electron chi connectivity index (χ0n) is 14.5. The molecule has 0 N–H and O–H groups in total. The molecule has 27 heavy (non-hydrogen) atoms. The minimum Gasteiger partial charge on any atom is -0.464 e. The van der Waals surface area contributed by atoms with E-state index in [0.717, 1.165) is 33.5 Å². The molecule has 0 fully saturated rings. The highest BCUT2D eigenvalue weighted by atomic mass is 79.9. The summed E-state index contributed by atoms with van der Waals surface area (Å²) in [5.41, 5.74) is 3.28. The predicted molar refractivity (Wildman–Crippen MR) is 114 cm³/mol. The second-order valence-electron chi connectivity index (χ2n) is 6.76. The van der Waals surface area contributed by atoms with E-state index in [1.165, 1.54) is 9.75 Å². The molecule has 1 aromatic heterocycles. The highest BCUT2D eigenvalue weighted by Crippen LogP contribution is 2.48. The lowest BCUT2D eigenvalue weighted by Crippen LogP contribution is -2.33. The van der Waals surface area contributed by atoms with Gasteiger partial charge in [0.1, 0.15) is 5.75 Å². The van der Waals surface area contributed by atoms with Crippen LogP contribution in [0.15, 0.2) is 64.2 Å². The van der Waals surface area contributed by atoms with Gasteiger partial charge in [0.05, 0.1) is 16.6 Å². The normalized spacial score (nSPS) is 20.7. The molecule has 0 amide bonds. The van der Waals surface area contributed by atoms with Crippen LogP contribution in [-0.2, 0) is 0 Å². The Hall–Kier alpha value is -1.82. The molecule has 0 spiro atoms. The number of rotatable bonds is 2. The molecule has 2 aliphatic rings. The van der Waals surface area contributed by atoms with Gasteiger partial charge in [-0.05, 0) is 49.4 Å². The Morgan fingerprint density at radius 2 is 2.07 bits per heavy atom. The first-order valence-electron chi connectivity index (χ1n) is 8.73. The molecule has 0 aliphatic carbocycles. The van der Waals surface area contributed by atoms with E-state index in [-0.39, 0.29) is 12.3 Å². The summed E-state index contributed by atoms with van der Waals surface area (Å²) >= 11 is 11.6. The first-order valence-corrected chi connectivity index (χ1v) is 10.7. The van der Waals surface area contributed by atoms with Gasteiger partial charge in [-0.15, -0.1) is 11.3 Å². The Labute approximate surface area is 175 Å². The number of aryl methyl sites for hydroxylation is 1. The SMILES string of the molecule is Cc1ccc(C2=NN3C(C2)c2cc(Br)ccc2OC3c2cccc(Cl)c2)s1. The van der Waals surface area contributed by atoms with E-state index in [4.69, 9.17) is 21.4 Å². The van der Waals surface area contributed by atoms with Crippen molar-refractivity contribution in [3.8, 4) is 5.75 Å². The summed E-state index contributed by atoms with van der Waals surface area (Å²) < 4.78 is 7.42. The smallest absolute Gasteiger partial charge is 0.213 e. The fourth-order valence-electron chi connectivity index (χ4n) is 3.68. The fraction of sp³-hybridized carbons (Fsp3) is 0.190. The van der Waals surface area contributed by atoms with Gasteiger partial charge in [-0.1, -0.05) is 39.7 Å². The maximum atomic E-state index is 6.37. The van der Waals surface area contributed by atoms with Crippen LogP contribution in [0.2, 0.25) is 5.02 Å². The molecule has 2 atom stereocenters. The molecule has 3 nitrogen and oxygen atoms in total. The summed E-state index contributed by atoms with van der Waals surface area (Å²) in [6.45, 7) is 2.13. The van der Waals surface area contributed by atoms with Gasteiger partial charge in [-0.3, -0.25) is 0 Å². The van der Waals surface area contributed by atoms with Gasteiger partial charge in [-0.25, -0.2) is 5.01 Å². The molecule has 0 radical (unpaired) electrons. The number of hydrogen-bond acceptors (Lipinski definition) is 4. The molecule has 5 rings (SSSR count). The lowest BCUT2D eigenvalue weighted by Gasteiger charge is -2.38. The first-order chi connectivity index (χ1) is 13.1. The monoisotopic (exact) mass is 458 g/mol. The molecule has 0 saturated heterocycles. The Bertz CT molecular complexity index is 1060. The van der Waals surface area contributed by atoms with Crippen LogP contribution in [0.25, 0.3) is 0 Å². The predicted octanol–water partition coefficient (Wildman–Crippen LogP) is 6.71. The third-order valence-electron chi connectivity index (χ3n) is 4.91. The molecule has 3 aromatic rings. The molecule has 136 valence electrons. The number of fused-ring (bicyclic) bond motifs is 3. The number of ether oxygens (including phenoxy) is 1. The fourth-order valence-corrected chi connectivity index (χ4v) is 5.12. The van der Waals surface area contributed by atoms with Crippen LogP contribution >= 0.6 is 38.9 Å². The van der Waals surface area contributed by atoms with Crippen molar-refractivity contribution < 1.29 is 4.74 Å². The molecule has 3 heterocycles. The minimum atomic E-state index is -0.291. The maximum absolute atomic E-state index is 6.37. The van der Waals surface area contributed by atoms with Crippen molar-refractivity contribution >= 4 is 44.6 Å². The number of benzene rings is 2. The van der Waals surface area contributed by atoms with E-state index in [1.807, 2.05) is 36.4 Å². The average molecular weight is 460 g/mol. The molecule has 2 aromatic carbocycles. The van der Waals surface area contributed by atoms with Crippen molar-refractivity contribution in [2.75, 3.05) is 0 Å². The van der Waals surface area contributed by atoms with Gasteiger partial charge in [-0.2, -0.15) is 5.10 Å². The van der Waals surface area contributed by atoms with Crippen LogP contribution in [0.1, 0.15) is 39.6 Å². The second-order valence-corrected chi connectivity index (χ2v) is 9.40. The summed E-state index contributed by atoms with van der Waals surface area (Å²) in [6.07, 6.45) is 0.574. The Kier molecular flexibility index (Phi) is 4.26. The van der Waals surface area contributed by atoms with E-state index in [1.54, 1.807) is 11.3 Å². The first kappa shape index (κ1) is 17.3. The van der Waals surface area contributed by atoms with Crippen LogP contribution in [0.5, 0.6) is 5.75 Å². The zero-order valence-corrected chi connectivity index (χ0v) is 17.7. The number of halogens is 2. The number of hydrogen-bond donors (Lipinski definition) is 0. The van der Waals surface area contributed by atoms with Crippen LogP contribution < -0.4 is 4.74 Å². The van der Waals surface area contributed by atoms with Gasteiger partial charge in [0.2, 0.25) is 6.23 Å². The lowest BCUT2D eigenvalue weighted by atomic mass is 9.98. The van der Waals surface area contributed by atoms with Gasteiger partial charge in [0.25, 0.3) is 0 Å². The Balaban J connectivity index is 1.62. The topological polar surface area (TPSA) is 24.8 Å². The molecule has 6 heteroatoms. The zero-order chi connectivity index (χ0) is 18.5. The van der Waals surface area contributed by atoms with Crippen LogP contribution in [0.4, 0.5) is 0 Å². The maximum Gasteiger partial charge on any atom is 0.213 e. The molecule has 0 bridgehead atoms. The van der Waals surface area contributed by atoms with Gasteiger partial charge >= 0.3 is 0 Å². The highest BCUT2D eigenvalue weighted by Gasteiger charge is 2.41. The average Bonchev–Trinajstić information content (AvgIpc) is 3.27. The van der Waals surface area contributed by atoms with E-state index < -0.39 is 0 Å².